The molecule has 0 bridgehead atoms. The van der Waals surface area contributed by atoms with E-state index in [-0.39, 0.29) is 0 Å². The molecule has 0 amide bonds. The molecule has 2 aromatic heterocycles. The molecule has 260 valence electrons. The van der Waals surface area contributed by atoms with Crippen LogP contribution in [0.2, 0.25) is 0 Å². The van der Waals surface area contributed by atoms with Crippen molar-refractivity contribution in [2.24, 2.45) is 15.0 Å². The fraction of sp³-hybridized carbons (Fsp3) is 0.0200. The van der Waals surface area contributed by atoms with E-state index < -0.39 is 0 Å². The number of para-hydroxylation sites is 1. The Kier molecular flexibility index (Phi) is 7.96. The van der Waals surface area contributed by atoms with Crippen molar-refractivity contribution in [3.63, 3.8) is 0 Å². The fourth-order valence-electron chi connectivity index (χ4n) is 7.63. The van der Waals surface area contributed by atoms with Crippen molar-refractivity contribution < 1.29 is 8.83 Å². The highest BCUT2D eigenvalue weighted by molar-refractivity contribution is 6.25. The van der Waals surface area contributed by atoms with Crippen LogP contribution in [0.1, 0.15) is 16.7 Å². The molecule has 0 aliphatic rings. The van der Waals surface area contributed by atoms with E-state index >= 15 is 0 Å². The second-order valence-electron chi connectivity index (χ2n) is 13.6. The third kappa shape index (κ3) is 5.88. The van der Waals surface area contributed by atoms with Gasteiger partial charge in [0.15, 0.2) is 11.7 Å². The molecule has 10 rings (SSSR count). The first-order chi connectivity index (χ1) is 27.2. The van der Waals surface area contributed by atoms with E-state index in [0.29, 0.717) is 18.2 Å². The number of aliphatic imine (C=N–C) groups is 3. The van der Waals surface area contributed by atoms with E-state index in [2.05, 4.69) is 127 Å². The molecule has 0 N–H and O–H groups in total. The molecule has 0 spiro atoms. The predicted molar refractivity (Wildman–Crippen MR) is 229 cm³/mol. The van der Waals surface area contributed by atoms with Crippen LogP contribution in [0.15, 0.2) is 200 Å². The van der Waals surface area contributed by atoms with Gasteiger partial charge in [0.25, 0.3) is 0 Å². The van der Waals surface area contributed by atoms with E-state index in [4.69, 9.17) is 18.8 Å². The van der Waals surface area contributed by atoms with E-state index in [0.717, 1.165) is 77.3 Å². The second kappa shape index (κ2) is 13.6. The normalized spacial score (nSPS) is 12.4. The molecule has 0 radical (unpaired) electrons. The topological polar surface area (TPSA) is 63.4 Å². The standard InChI is InChI=1S/C50H33N3O2/c1-51-49(40-19-10-23-46-48(40)42-30-38(26-27-44(42)55-46)37-17-9-16-36(29-37)33-12-3-2-4-13-33)53-50(52-31-32-24-25-34-14-5-6-15-35(34)28-32)41-20-11-22-45-47(41)39-18-7-8-21-43(39)54-45/h2-30H,1,31H2. The second-order valence-corrected chi connectivity index (χ2v) is 13.6. The smallest absolute Gasteiger partial charge is 0.161 e. The monoisotopic (exact) mass is 707 g/mol. The van der Waals surface area contributed by atoms with Crippen molar-refractivity contribution in [1.29, 1.82) is 0 Å². The third-order valence-corrected chi connectivity index (χ3v) is 10.3. The zero-order valence-corrected chi connectivity index (χ0v) is 29.8. The SMILES string of the molecule is C=NC(=NC(=NCc1ccc2ccccc2c1)c1cccc2oc3ccccc3c12)c1cccc2oc3ccc(-c4cccc(-c5ccccc5)c4)cc3c12. The Morgan fingerprint density at radius 3 is 1.84 bits per heavy atom. The van der Waals surface area contributed by atoms with Gasteiger partial charge in [-0.3, -0.25) is 4.99 Å². The summed E-state index contributed by atoms with van der Waals surface area (Å²) in [6.07, 6.45) is 0. The van der Waals surface area contributed by atoms with Crippen molar-refractivity contribution in [3.05, 3.63) is 193 Å². The molecule has 8 aromatic carbocycles. The largest absolute Gasteiger partial charge is 0.456 e. The molecule has 10 aromatic rings. The van der Waals surface area contributed by atoms with Crippen LogP contribution in [0.5, 0.6) is 0 Å². The Balaban J connectivity index is 1.14. The molecule has 0 atom stereocenters. The first-order valence-corrected chi connectivity index (χ1v) is 18.3. The summed E-state index contributed by atoms with van der Waals surface area (Å²) in [5.41, 5.74) is 10.4. The van der Waals surface area contributed by atoms with Gasteiger partial charge in [0.2, 0.25) is 0 Å². The first-order valence-electron chi connectivity index (χ1n) is 18.3. The summed E-state index contributed by atoms with van der Waals surface area (Å²) in [6, 6.07) is 60.3. The van der Waals surface area contributed by atoms with Crippen LogP contribution in [0.3, 0.4) is 0 Å². The van der Waals surface area contributed by atoms with E-state index in [1.165, 1.54) is 16.3 Å². The Morgan fingerprint density at radius 2 is 1.04 bits per heavy atom. The summed E-state index contributed by atoms with van der Waals surface area (Å²) in [6.45, 7) is 4.45. The maximum atomic E-state index is 6.44. The van der Waals surface area contributed by atoms with Gasteiger partial charge in [0.05, 0.1) is 6.54 Å². The van der Waals surface area contributed by atoms with Crippen LogP contribution in [0, 0.1) is 0 Å². The van der Waals surface area contributed by atoms with Gasteiger partial charge >= 0.3 is 0 Å². The van der Waals surface area contributed by atoms with E-state index in [1.807, 2.05) is 60.7 Å². The highest BCUT2D eigenvalue weighted by Crippen LogP contribution is 2.37. The Hall–Kier alpha value is -7.37. The number of amidine groups is 2. The Bertz CT molecular complexity index is 3150. The van der Waals surface area contributed by atoms with Gasteiger partial charge < -0.3 is 8.83 Å². The highest BCUT2D eigenvalue weighted by atomic mass is 16.3. The average Bonchev–Trinajstić information content (AvgIpc) is 3.83. The van der Waals surface area contributed by atoms with Crippen molar-refractivity contribution in [2.75, 3.05) is 0 Å². The molecule has 0 saturated heterocycles. The van der Waals surface area contributed by atoms with Gasteiger partial charge in [-0.2, -0.15) is 0 Å². The van der Waals surface area contributed by atoms with Crippen LogP contribution >= 0.6 is 0 Å². The first kappa shape index (κ1) is 32.3. The van der Waals surface area contributed by atoms with Crippen LogP contribution in [-0.2, 0) is 6.54 Å². The molecular weight excluding hydrogens is 675 g/mol. The number of rotatable bonds is 6. The molecule has 2 heterocycles. The molecular formula is C50H33N3O2. The van der Waals surface area contributed by atoms with Crippen LogP contribution in [-0.4, -0.2) is 18.4 Å². The van der Waals surface area contributed by atoms with Crippen molar-refractivity contribution in [1.82, 2.24) is 0 Å². The minimum absolute atomic E-state index is 0.421. The molecule has 0 saturated carbocycles. The predicted octanol–water partition coefficient (Wildman–Crippen LogP) is 13.1. The molecule has 5 heteroatoms. The van der Waals surface area contributed by atoms with Crippen LogP contribution in [0.4, 0.5) is 0 Å². The quantitative estimate of drug-likeness (QED) is 0.128. The molecule has 0 unspecified atom stereocenters. The van der Waals surface area contributed by atoms with Crippen LogP contribution in [0.25, 0.3) is 76.9 Å². The summed E-state index contributed by atoms with van der Waals surface area (Å²) in [7, 11) is 0. The van der Waals surface area contributed by atoms with Gasteiger partial charge in [-0.25, -0.2) is 9.98 Å². The van der Waals surface area contributed by atoms with Gasteiger partial charge in [-0.05, 0) is 87.8 Å². The van der Waals surface area contributed by atoms with Crippen LogP contribution < -0.4 is 0 Å². The Labute approximate surface area is 317 Å². The fourth-order valence-corrected chi connectivity index (χ4v) is 7.63. The molecule has 0 fully saturated rings. The molecule has 5 nitrogen and oxygen atoms in total. The van der Waals surface area contributed by atoms with Gasteiger partial charge in [0, 0.05) is 32.7 Å². The molecule has 0 aliphatic carbocycles. The number of hydrogen-bond donors (Lipinski definition) is 0. The number of furan rings is 2. The molecule has 55 heavy (non-hydrogen) atoms. The average molecular weight is 708 g/mol. The van der Waals surface area contributed by atoms with Crippen molar-refractivity contribution in [3.8, 4) is 22.3 Å². The third-order valence-electron chi connectivity index (χ3n) is 10.3. The minimum atomic E-state index is 0.421. The van der Waals surface area contributed by atoms with Gasteiger partial charge in [-0.1, -0.05) is 133 Å². The Morgan fingerprint density at radius 1 is 0.436 bits per heavy atom. The molecule has 0 aliphatic heterocycles. The van der Waals surface area contributed by atoms with E-state index in [9.17, 15) is 0 Å². The minimum Gasteiger partial charge on any atom is -0.456 e. The number of hydrogen-bond acceptors (Lipinski definition) is 3. The van der Waals surface area contributed by atoms with Crippen molar-refractivity contribution in [2.45, 2.75) is 6.54 Å². The summed E-state index contributed by atoms with van der Waals surface area (Å²) in [5, 5.41) is 6.21. The van der Waals surface area contributed by atoms with E-state index in [1.54, 1.807) is 0 Å². The zero-order valence-electron chi connectivity index (χ0n) is 29.8. The lowest BCUT2D eigenvalue weighted by atomic mass is 9.97. The maximum absolute atomic E-state index is 6.44. The summed E-state index contributed by atoms with van der Waals surface area (Å²) >= 11 is 0. The van der Waals surface area contributed by atoms with Crippen molar-refractivity contribution >= 4 is 73.0 Å². The summed E-state index contributed by atoms with van der Waals surface area (Å²) < 4.78 is 12.7. The summed E-state index contributed by atoms with van der Waals surface area (Å²) in [4.78, 5) is 15.0. The zero-order chi connectivity index (χ0) is 36.7. The number of benzene rings is 8. The lowest BCUT2D eigenvalue weighted by Gasteiger charge is -2.09. The lowest BCUT2D eigenvalue weighted by Crippen LogP contribution is -2.06. The van der Waals surface area contributed by atoms with Gasteiger partial charge in [-0.15, -0.1) is 0 Å². The summed E-state index contributed by atoms with van der Waals surface area (Å²) in [5.74, 6) is 0.989. The lowest BCUT2D eigenvalue weighted by molar-refractivity contribution is 0.668. The van der Waals surface area contributed by atoms with Gasteiger partial charge in [0.1, 0.15) is 22.3 Å². The highest BCUT2D eigenvalue weighted by Gasteiger charge is 2.19. The maximum Gasteiger partial charge on any atom is 0.161 e. The number of nitrogens with zero attached hydrogens (tertiary/aromatic N) is 3. The number of fused-ring (bicyclic) bond motifs is 7.